The molecule has 1 aromatic heterocycles. The van der Waals surface area contributed by atoms with Crippen molar-refractivity contribution < 1.29 is 0 Å². The van der Waals surface area contributed by atoms with Gasteiger partial charge < -0.3 is 5.32 Å². The van der Waals surface area contributed by atoms with E-state index >= 15 is 0 Å². The van der Waals surface area contributed by atoms with Crippen LogP contribution in [0.2, 0.25) is 0 Å². The van der Waals surface area contributed by atoms with Crippen LogP contribution in [0.5, 0.6) is 0 Å². The van der Waals surface area contributed by atoms with Gasteiger partial charge in [-0.3, -0.25) is 4.98 Å². The first-order valence-corrected chi connectivity index (χ1v) is 7.39. The third kappa shape index (κ3) is 4.15. The van der Waals surface area contributed by atoms with Crippen LogP contribution in [-0.4, -0.2) is 11.5 Å². The Bertz CT molecular complexity index is 540. The number of nitrogens with one attached hydrogen (secondary N) is 1. The van der Waals surface area contributed by atoms with Gasteiger partial charge in [0.15, 0.2) is 0 Å². The van der Waals surface area contributed by atoms with Crippen LogP contribution in [0.3, 0.4) is 0 Å². The molecule has 2 nitrogen and oxygen atoms in total. The summed E-state index contributed by atoms with van der Waals surface area (Å²) in [5.74, 6) is 0. The van der Waals surface area contributed by atoms with Gasteiger partial charge in [-0.15, -0.1) is 0 Å². The number of pyridine rings is 1. The minimum atomic E-state index is 0.263. The summed E-state index contributed by atoms with van der Waals surface area (Å²) in [5, 5.41) is 3.52. The first-order chi connectivity index (χ1) is 9.19. The van der Waals surface area contributed by atoms with Crippen LogP contribution in [0.25, 0.3) is 0 Å². The Kier molecular flexibility index (Phi) is 5.11. The number of aromatic nitrogens is 1. The van der Waals surface area contributed by atoms with Crippen molar-refractivity contribution >= 4 is 15.9 Å². The number of aryl methyl sites for hydroxylation is 1. The monoisotopic (exact) mass is 318 g/mol. The van der Waals surface area contributed by atoms with E-state index in [0.29, 0.717) is 0 Å². The summed E-state index contributed by atoms with van der Waals surface area (Å²) in [6.07, 6.45) is 0.948. The van der Waals surface area contributed by atoms with E-state index in [1.807, 2.05) is 13.0 Å². The predicted octanol–water partition coefficient (Wildman–Crippen LogP) is 4.05. The minimum Gasteiger partial charge on any atom is -0.309 e. The van der Waals surface area contributed by atoms with E-state index in [4.69, 9.17) is 0 Å². The molecule has 0 aliphatic heterocycles. The number of likely N-dealkylation sites (N-methyl/N-ethyl adjacent to an activating group) is 1. The van der Waals surface area contributed by atoms with Crippen LogP contribution in [-0.2, 0) is 6.42 Å². The highest BCUT2D eigenvalue weighted by Gasteiger charge is 2.12. The molecule has 1 aromatic carbocycles. The molecule has 0 fully saturated rings. The lowest BCUT2D eigenvalue weighted by atomic mass is 10.0. The quantitative estimate of drug-likeness (QED) is 0.899. The van der Waals surface area contributed by atoms with Gasteiger partial charge in [0.2, 0.25) is 0 Å². The molecule has 100 valence electrons. The summed E-state index contributed by atoms with van der Waals surface area (Å²) >= 11 is 3.52. The second kappa shape index (κ2) is 6.83. The Morgan fingerprint density at radius 2 is 2.00 bits per heavy atom. The highest BCUT2D eigenvalue weighted by atomic mass is 79.9. The topological polar surface area (TPSA) is 24.9 Å². The highest BCUT2D eigenvalue weighted by Crippen LogP contribution is 2.19. The lowest BCUT2D eigenvalue weighted by Gasteiger charge is -2.18. The number of benzene rings is 1. The van der Waals surface area contributed by atoms with Crippen LogP contribution in [0, 0.1) is 6.92 Å². The number of hydrogen-bond donors (Lipinski definition) is 1. The Hall–Kier alpha value is -1.19. The molecule has 0 bridgehead atoms. The summed E-state index contributed by atoms with van der Waals surface area (Å²) in [5.41, 5.74) is 3.49. The summed E-state index contributed by atoms with van der Waals surface area (Å²) < 4.78 is 1.12. The van der Waals surface area contributed by atoms with Crippen LogP contribution in [0.1, 0.15) is 29.9 Å². The molecule has 19 heavy (non-hydrogen) atoms. The van der Waals surface area contributed by atoms with Gasteiger partial charge in [-0.05, 0) is 49.7 Å². The maximum absolute atomic E-state index is 4.64. The summed E-state index contributed by atoms with van der Waals surface area (Å²) in [6, 6.07) is 14.9. The number of rotatable bonds is 5. The van der Waals surface area contributed by atoms with Crippen LogP contribution < -0.4 is 5.32 Å². The van der Waals surface area contributed by atoms with Gasteiger partial charge in [0.1, 0.15) is 0 Å². The van der Waals surface area contributed by atoms with E-state index < -0.39 is 0 Å². The van der Waals surface area contributed by atoms with Gasteiger partial charge in [0.25, 0.3) is 0 Å². The van der Waals surface area contributed by atoms with Gasteiger partial charge in [-0.2, -0.15) is 0 Å². The van der Waals surface area contributed by atoms with Crippen molar-refractivity contribution in [3.05, 3.63) is 63.9 Å². The first kappa shape index (κ1) is 14.2. The van der Waals surface area contributed by atoms with Crippen LogP contribution in [0.15, 0.2) is 46.9 Å². The van der Waals surface area contributed by atoms with Gasteiger partial charge >= 0.3 is 0 Å². The molecular weight excluding hydrogens is 300 g/mol. The van der Waals surface area contributed by atoms with Crippen molar-refractivity contribution in [2.75, 3.05) is 6.54 Å². The molecule has 0 saturated carbocycles. The molecule has 2 aromatic rings. The third-order valence-electron chi connectivity index (χ3n) is 3.05. The maximum atomic E-state index is 4.64. The van der Waals surface area contributed by atoms with Crippen molar-refractivity contribution in [3.8, 4) is 0 Å². The van der Waals surface area contributed by atoms with Crippen molar-refractivity contribution in [1.82, 2.24) is 10.3 Å². The Morgan fingerprint density at radius 1 is 1.21 bits per heavy atom. The fourth-order valence-corrected chi connectivity index (χ4v) is 2.63. The fourth-order valence-electron chi connectivity index (χ4n) is 2.19. The lowest BCUT2D eigenvalue weighted by Crippen LogP contribution is -2.24. The van der Waals surface area contributed by atoms with Crippen molar-refractivity contribution in [3.63, 3.8) is 0 Å². The van der Waals surface area contributed by atoms with Crippen molar-refractivity contribution in [1.29, 1.82) is 0 Å². The second-order valence-corrected chi connectivity index (χ2v) is 5.56. The van der Waals surface area contributed by atoms with Gasteiger partial charge in [0, 0.05) is 10.2 Å². The molecule has 0 amide bonds. The number of halogens is 1. The van der Waals surface area contributed by atoms with E-state index in [2.05, 4.69) is 69.6 Å². The molecule has 0 spiro atoms. The van der Waals surface area contributed by atoms with Crippen LogP contribution in [0.4, 0.5) is 0 Å². The maximum Gasteiger partial charge on any atom is 0.0579 e. The van der Waals surface area contributed by atoms with E-state index in [1.54, 1.807) is 0 Å². The third-order valence-corrected chi connectivity index (χ3v) is 3.54. The Morgan fingerprint density at radius 3 is 2.68 bits per heavy atom. The molecule has 3 heteroatoms. The normalized spacial score (nSPS) is 12.4. The summed E-state index contributed by atoms with van der Waals surface area (Å²) in [6.45, 7) is 5.10. The molecule has 0 saturated heterocycles. The molecule has 1 heterocycles. The zero-order valence-corrected chi connectivity index (χ0v) is 12.9. The average Bonchev–Trinajstić information content (AvgIpc) is 2.38. The zero-order valence-electron chi connectivity index (χ0n) is 11.4. The smallest absolute Gasteiger partial charge is 0.0579 e. The molecule has 1 N–H and O–H groups in total. The zero-order chi connectivity index (χ0) is 13.7. The Balaban J connectivity index is 2.21. The fraction of sp³-hybridized carbons (Fsp3) is 0.312. The molecule has 0 aliphatic rings. The number of nitrogens with zero attached hydrogens (tertiary/aromatic N) is 1. The molecule has 0 aliphatic carbocycles. The first-order valence-electron chi connectivity index (χ1n) is 6.60. The highest BCUT2D eigenvalue weighted by molar-refractivity contribution is 9.10. The van der Waals surface area contributed by atoms with E-state index in [9.17, 15) is 0 Å². The van der Waals surface area contributed by atoms with Crippen molar-refractivity contribution in [2.24, 2.45) is 0 Å². The van der Waals surface area contributed by atoms with E-state index in [-0.39, 0.29) is 6.04 Å². The van der Waals surface area contributed by atoms with Crippen molar-refractivity contribution in [2.45, 2.75) is 26.3 Å². The Labute approximate surface area is 123 Å². The number of hydrogen-bond acceptors (Lipinski definition) is 2. The molecule has 2 rings (SSSR count). The molecular formula is C16H19BrN2. The SMILES string of the molecule is CCNC(Cc1cccc(Br)c1)c1cccc(C)n1. The van der Waals surface area contributed by atoms with Gasteiger partial charge in [0.05, 0.1) is 11.7 Å². The van der Waals surface area contributed by atoms with Gasteiger partial charge in [-0.25, -0.2) is 0 Å². The molecule has 1 unspecified atom stereocenters. The molecule has 0 radical (unpaired) electrons. The largest absolute Gasteiger partial charge is 0.309 e. The molecule has 1 atom stereocenters. The summed E-state index contributed by atoms with van der Waals surface area (Å²) in [7, 11) is 0. The summed E-state index contributed by atoms with van der Waals surface area (Å²) in [4.78, 5) is 4.64. The predicted molar refractivity (Wildman–Crippen MR) is 83.2 cm³/mol. The second-order valence-electron chi connectivity index (χ2n) is 4.65. The van der Waals surface area contributed by atoms with E-state index in [0.717, 1.165) is 28.8 Å². The minimum absolute atomic E-state index is 0.263. The standard InChI is InChI=1S/C16H19BrN2/c1-3-18-16(15-9-4-6-12(2)19-15)11-13-7-5-8-14(17)10-13/h4-10,16,18H,3,11H2,1-2H3. The lowest BCUT2D eigenvalue weighted by molar-refractivity contribution is 0.535. The van der Waals surface area contributed by atoms with E-state index in [1.165, 1.54) is 5.56 Å². The van der Waals surface area contributed by atoms with Crippen LogP contribution >= 0.6 is 15.9 Å². The van der Waals surface area contributed by atoms with Gasteiger partial charge in [-0.1, -0.05) is 41.1 Å². The average molecular weight is 319 g/mol.